The number of fused-ring (bicyclic) bond motifs is 1. The van der Waals surface area contributed by atoms with Crippen LogP contribution < -0.4 is 11.1 Å². The van der Waals surface area contributed by atoms with Gasteiger partial charge in [0, 0.05) is 11.3 Å². The number of hydrogen-bond donors (Lipinski definition) is 2. The fraction of sp³-hybridized carbons (Fsp3) is 0.278. The Kier molecular flexibility index (Phi) is 5.09. The number of nitrogens with two attached hydrogens (primary N) is 1. The van der Waals surface area contributed by atoms with Gasteiger partial charge in [-0.2, -0.15) is 0 Å². The first kappa shape index (κ1) is 16.4. The second-order valence-corrected chi connectivity index (χ2v) is 5.74. The minimum Gasteiger partial charge on any atom is -0.399 e. The lowest BCUT2D eigenvalue weighted by molar-refractivity contribution is 0.0933. The average molecular weight is 317 g/mol. The Hall–Kier alpha value is -2.00. The summed E-state index contributed by atoms with van der Waals surface area (Å²) in [5.41, 5.74) is 11.0. The molecule has 2 aromatic rings. The molecule has 22 heavy (non-hydrogen) atoms. The predicted molar refractivity (Wildman–Crippen MR) is 92.4 cm³/mol. The fourth-order valence-corrected chi connectivity index (χ4v) is 2.93. The minimum absolute atomic E-state index is 0. The molecule has 0 saturated carbocycles. The van der Waals surface area contributed by atoms with Gasteiger partial charge in [-0.1, -0.05) is 23.8 Å². The lowest BCUT2D eigenvalue weighted by Crippen LogP contribution is -2.31. The Morgan fingerprint density at radius 1 is 1.18 bits per heavy atom. The van der Waals surface area contributed by atoms with Gasteiger partial charge in [-0.3, -0.25) is 4.79 Å². The number of nitrogens with one attached hydrogen (secondary N) is 1. The van der Waals surface area contributed by atoms with Gasteiger partial charge in [0.15, 0.2) is 0 Å². The molecule has 4 heteroatoms. The van der Waals surface area contributed by atoms with Gasteiger partial charge in [-0.05, 0) is 61.6 Å². The molecule has 116 valence electrons. The number of rotatable bonds is 2. The van der Waals surface area contributed by atoms with Crippen LogP contribution in [0.4, 0.5) is 5.69 Å². The van der Waals surface area contributed by atoms with Gasteiger partial charge in [0.2, 0.25) is 0 Å². The summed E-state index contributed by atoms with van der Waals surface area (Å²) in [5, 5.41) is 3.15. The molecule has 0 radical (unpaired) electrons. The number of benzene rings is 2. The number of halogens is 1. The number of amides is 1. The number of anilines is 1. The van der Waals surface area contributed by atoms with Crippen LogP contribution in [-0.4, -0.2) is 5.91 Å². The molecule has 0 aliphatic heterocycles. The standard InChI is InChI=1S/C18H20N2O.ClH/c1-12-5-7-13(8-6-12)18(21)20-17-4-2-3-14-11-15(19)9-10-16(14)17;/h5-11,17H,2-4,19H2,1H3,(H,20,21);1H. The zero-order valence-electron chi connectivity index (χ0n) is 12.6. The van der Waals surface area contributed by atoms with Crippen LogP contribution in [0.3, 0.4) is 0 Å². The Bertz CT molecular complexity index is 667. The third-order valence-corrected chi connectivity index (χ3v) is 4.10. The van der Waals surface area contributed by atoms with Crippen LogP contribution >= 0.6 is 12.4 Å². The quantitative estimate of drug-likeness (QED) is 0.828. The van der Waals surface area contributed by atoms with Crippen molar-refractivity contribution in [2.24, 2.45) is 0 Å². The molecule has 1 amide bonds. The van der Waals surface area contributed by atoms with Crippen LogP contribution in [0.25, 0.3) is 0 Å². The Labute approximate surface area is 137 Å². The van der Waals surface area contributed by atoms with Gasteiger partial charge < -0.3 is 11.1 Å². The summed E-state index contributed by atoms with van der Waals surface area (Å²) >= 11 is 0. The van der Waals surface area contributed by atoms with Crippen molar-refractivity contribution in [3.63, 3.8) is 0 Å². The smallest absolute Gasteiger partial charge is 0.251 e. The SMILES string of the molecule is Cc1ccc(C(=O)NC2CCCc3cc(N)ccc32)cc1.Cl. The monoisotopic (exact) mass is 316 g/mol. The highest BCUT2D eigenvalue weighted by molar-refractivity contribution is 5.94. The highest BCUT2D eigenvalue weighted by Crippen LogP contribution is 2.31. The molecule has 0 saturated heterocycles. The van der Waals surface area contributed by atoms with Crippen LogP contribution in [0.5, 0.6) is 0 Å². The highest BCUT2D eigenvalue weighted by atomic mass is 35.5. The van der Waals surface area contributed by atoms with Gasteiger partial charge in [-0.25, -0.2) is 0 Å². The van der Waals surface area contributed by atoms with Crippen molar-refractivity contribution >= 4 is 24.0 Å². The van der Waals surface area contributed by atoms with E-state index in [1.54, 1.807) is 0 Å². The van der Waals surface area contributed by atoms with Gasteiger partial charge >= 0.3 is 0 Å². The summed E-state index contributed by atoms with van der Waals surface area (Å²) in [6, 6.07) is 13.7. The van der Waals surface area contributed by atoms with Crippen LogP contribution in [0.15, 0.2) is 42.5 Å². The van der Waals surface area contributed by atoms with E-state index in [4.69, 9.17) is 5.73 Å². The Morgan fingerprint density at radius 3 is 2.64 bits per heavy atom. The van der Waals surface area contributed by atoms with Crippen molar-refractivity contribution in [1.29, 1.82) is 0 Å². The number of carbonyl (C=O) groups is 1. The predicted octanol–water partition coefficient (Wildman–Crippen LogP) is 3.81. The second kappa shape index (κ2) is 6.84. The molecule has 0 heterocycles. The Balaban J connectivity index is 0.00000176. The van der Waals surface area contributed by atoms with Crippen LogP contribution in [0.2, 0.25) is 0 Å². The molecule has 1 atom stereocenters. The maximum absolute atomic E-state index is 12.4. The summed E-state index contributed by atoms with van der Waals surface area (Å²) in [6.45, 7) is 2.02. The summed E-state index contributed by atoms with van der Waals surface area (Å²) in [7, 11) is 0. The molecule has 0 spiro atoms. The van der Waals surface area contributed by atoms with Gasteiger partial charge in [0.1, 0.15) is 0 Å². The van der Waals surface area contributed by atoms with Crippen LogP contribution in [0, 0.1) is 6.92 Å². The maximum Gasteiger partial charge on any atom is 0.251 e. The van der Waals surface area contributed by atoms with E-state index in [1.807, 2.05) is 49.4 Å². The number of nitrogen functional groups attached to an aromatic ring is 1. The first-order chi connectivity index (χ1) is 10.1. The number of aryl methyl sites for hydroxylation is 2. The van der Waals surface area contributed by atoms with E-state index in [2.05, 4.69) is 5.32 Å². The largest absolute Gasteiger partial charge is 0.399 e. The minimum atomic E-state index is -0.00956. The van der Waals surface area contributed by atoms with Gasteiger partial charge in [0.25, 0.3) is 5.91 Å². The molecule has 1 aliphatic rings. The van der Waals surface area contributed by atoms with Crippen molar-refractivity contribution in [1.82, 2.24) is 5.32 Å². The first-order valence-electron chi connectivity index (χ1n) is 7.39. The van der Waals surface area contributed by atoms with Gasteiger partial charge in [-0.15, -0.1) is 12.4 Å². The van der Waals surface area contributed by atoms with Crippen molar-refractivity contribution in [3.05, 3.63) is 64.7 Å². The van der Waals surface area contributed by atoms with Crippen molar-refractivity contribution < 1.29 is 4.79 Å². The molecule has 0 bridgehead atoms. The molecule has 1 aliphatic carbocycles. The van der Waals surface area contributed by atoms with E-state index in [0.29, 0.717) is 5.56 Å². The fourth-order valence-electron chi connectivity index (χ4n) is 2.93. The molecular weight excluding hydrogens is 296 g/mol. The van der Waals surface area contributed by atoms with Crippen LogP contribution in [-0.2, 0) is 6.42 Å². The van der Waals surface area contributed by atoms with Crippen LogP contribution in [0.1, 0.15) is 45.9 Å². The molecule has 3 N–H and O–H groups in total. The molecule has 2 aromatic carbocycles. The summed E-state index contributed by atoms with van der Waals surface area (Å²) in [5.74, 6) is -0.00956. The summed E-state index contributed by atoms with van der Waals surface area (Å²) in [6.07, 6.45) is 3.10. The number of hydrogen-bond acceptors (Lipinski definition) is 2. The number of carbonyl (C=O) groups excluding carboxylic acids is 1. The maximum atomic E-state index is 12.4. The topological polar surface area (TPSA) is 55.1 Å². The van der Waals surface area contributed by atoms with Crippen molar-refractivity contribution in [2.45, 2.75) is 32.2 Å². The molecule has 3 rings (SSSR count). The molecule has 1 unspecified atom stereocenters. The van der Waals surface area contributed by atoms with E-state index in [-0.39, 0.29) is 24.4 Å². The van der Waals surface area contributed by atoms with E-state index in [9.17, 15) is 4.79 Å². The molecule has 3 nitrogen and oxygen atoms in total. The lowest BCUT2D eigenvalue weighted by Gasteiger charge is -2.26. The van der Waals surface area contributed by atoms with Crippen molar-refractivity contribution in [2.75, 3.05) is 5.73 Å². The lowest BCUT2D eigenvalue weighted by atomic mass is 9.87. The van der Waals surface area contributed by atoms with E-state index < -0.39 is 0 Å². The first-order valence-corrected chi connectivity index (χ1v) is 7.39. The third-order valence-electron chi connectivity index (χ3n) is 4.10. The highest BCUT2D eigenvalue weighted by Gasteiger charge is 2.22. The summed E-state index contributed by atoms with van der Waals surface area (Å²) < 4.78 is 0. The normalized spacial score (nSPS) is 16.3. The molecular formula is C18H21ClN2O. The second-order valence-electron chi connectivity index (χ2n) is 5.74. The summed E-state index contributed by atoms with van der Waals surface area (Å²) in [4.78, 5) is 12.4. The van der Waals surface area contributed by atoms with E-state index in [1.165, 1.54) is 11.1 Å². The van der Waals surface area contributed by atoms with Crippen molar-refractivity contribution in [3.8, 4) is 0 Å². The average Bonchev–Trinajstić information content (AvgIpc) is 2.47. The zero-order valence-corrected chi connectivity index (χ0v) is 13.5. The Morgan fingerprint density at radius 2 is 1.91 bits per heavy atom. The van der Waals surface area contributed by atoms with Gasteiger partial charge in [0.05, 0.1) is 6.04 Å². The zero-order chi connectivity index (χ0) is 14.8. The molecule has 0 aromatic heterocycles. The molecule has 0 fully saturated rings. The van der Waals surface area contributed by atoms with E-state index >= 15 is 0 Å². The third kappa shape index (κ3) is 3.42. The van der Waals surface area contributed by atoms with E-state index in [0.717, 1.165) is 30.5 Å².